The average Bonchev–Trinajstić information content (AvgIpc) is 2.83. The highest BCUT2D eigenvalue weighted by Crippen LogP contribution is 2.35. The average molecular weight is 354 g/mol. The number of hydrogen-bond donors (Lipinski definition) is 1. The van der Waals surface area contributed by atoms with Crippen LogP contribution in [0.15, 0.2) is 22.8 Å². The lowest BCUT2D eigenvalue weighted by molar-refractivity contribution is -0.138. The van der Waals surface area contributed by atoms with E-state index in [4.69, 9.17) is 5.11 Å². The number of tetrazole rings is 1. The SMILES string of the molecule is CC(C)(C)C(CC(=O)O)n1nnnc1-c1ncccc1Br. The van der Waals surface area contributed by atoms with Gasteiger partial charge in [0.2, 0.25) is 5.82 Å². The molecular weight excluding hydrogens is 338 g/mol. The molecule has 2 aromatic heterocycles. The van der Waals surface area contributed by atoms with E-state index in [0.717, 1.165) is 4.47 Å². The molecule has 0 spiro atoms. The molecule has 1 N–H and O–H groups in total. The molecule has 0 radical (unpaired) electrons. The van der Waals surface area contributed by atoms with Crippen LogP contribution in [0.1, 0.15) is 33.2 Å². The van der Waals surface area contributed by atoms with Crippen molar-refractivity contribution in [3.8, 4) is 11.5 Å². The van der Waals surface area contributed by atoms with E-state index in [1.807, 2.05) is 26.8 Å². The molecule has 21 heavy (non-hydrogen) atoms. The Morgan fingerprint density at radius 2 is 2.19 bits per heavy atom. The van der Waals surface area contributed by atoms with Crippen molar-refractivity contribution in [2.45, 2.75) is 33.2 Å². The fourth-order valence-corrected chi connectivity index (χ4v) is 2.47. The summed E-state index contributed by atoms with van der Waals surface area (Å²) < 4.78 is 2.30. The highest BCUT2D eigenvalue weighted by Gasteiger charge is 2.32. The lowest BCUT2D eigenvalue weighted by Crippen LogP contribution is -2.28. The van der Waals surface area contributed by atoms with Gasteiger partial charge >= 0.3 is 5.97 Å². The summed E-state index contributed by atoms with van der Waals surface area (Å²) in [6, 6.07) is 3.25. The zero-order valence-corrected chi connectivity index (χ0v) is 13.6. The number of carboxylic acid groups (broad SMARTS) is 1. The maximum absolute atomic E-state index is 11.2. The summed E-state index contributed by atoms with van der Waals surface area (Å²) in [4.78, 5) is 15.4. The number of aromatic nitrogens is 5. The third-order valence-corrected chi connectivity index (χ3v) is 3.77. The molecule has 1 atom stereocenters. The van der Waals surface area contributed by atoms with Crippen LogP contribution in [0.5, 0.6) is 0 Å². The molecule has 2 heterocycles. The second-order valence-electron chi connectivity index (χ2n) is 5.76. The maximum atomic E-state index is 11.2. The Labute approximate surface area is 130 Å². The van der Waals surface area contributed by atoms with Gasteiger partial charge in [0.05, 0.1) is 12.5 Å². The summed E-state index contributed by atoms with van der Waals surface area (Å²) in [6.07, 6.45) is 1.58. The molecule has 2 rings (SSSR count). The van der Waals surface area contributed by atoms with Gasteiger partial charge in [0, 0.05) is 10.7 Å². The Bertz CT molecular complexity index is 650. The van der Waals surface area contributed by atoms with Crippen molar-refractivity contribution in [1.82, 2.24) is 25.2 Å². The first-order valence-electron chi connectivity index (χ1n) is 6.41. The molecule has 112 valence electrons. The van der Waals surface area contributed by atoms with Crippen LogP contribution < -0.4 is 0 Å². The molecule has 0 aromatic carbocycles. The van der Waals surface area contributed by atoms with Gasteiger partial charge in [-0.1, -0.05) is 20.8 Å². The molecule has 0 fully saturated rings. The third kappa shape index (κ3) is 3.44. The maximum Gasteiger partial charge on any atom is 0.305 e. The highest BCUT2D eigenvalue weighted by atomic mass is 79.9. The Hall–Kier alpha value is -1.83. The molecular formula is C13H16BrN5O2. The van der Waals surface area contributed by atoms with Crippen LogP contribution in [0.3, 0.4) is 0 Å². The van der Waals surface area contributed by atoms with Crippen LogP contribution in [0.25, 0.3) is 11.5 Å². The monoisotopic (exact) mass is 353 g/mol. The Morgan fingerprint density at radius 1 is 1.48 bits per heavy atom. The zero-order chi connectivity index (χ0) is 15.6. The Morgan fingerprint density at radius 3 is 2.76 bits per heavy atom. The minimum atomic E-state index is -0.892. The molecule has 1 unspecified atom stereocenters. The molecule has 2 aromatic rings. The van der Waals surface area contributed by atoms with Crippen LogP contribution in [0, 0.1) is 5.41 Å². The number of carbonyl (C=O) groups is 1. The van der Waals surface area contributed by atoms with Crippen molar-refractivity contribution < 1.29 is 9.90 Å². The predicted molar refractivity (Wildman–Crippen MR) is 79.5 cm³/mol. The van der Waals surface area contributed by atoms with Gasteiger partial charge in [0.15, 0.2) is 0 Å². The molecule has 0 saturated heterocycles. The first-order valence-corrected chi connectivity index (χ1v) is 7.20. The summed E-state index contributed by atoms with van der Waals surface area (Å²) in [5.74, 6) is -0.444. The van der Waals surface area contributed by atoms with E-state index in [-0.39, 0.29) is 17.9 Å². The number of rotatable bonds is 4. The van der Waals surface area contributed by atoms with Gasteiger partial charge in [-0.05, 0) is 43.9 Å². The van der Waals surface area contributed by atoms with Crippen molar-refractivity contribution >= 4 is 21.9 Å². The van der Waals surface area contributed by atoms with Gasteiger partial charge in [-0.3, -0.25) is 9.78 Å². The van der Waals surface area contributed by atoms with Crippen LogP contribution >= 0.6 is 15.9 Å². The van der Waals surface area contributed by atoms with Gasteiger partial charge < -0.3 is 5.11 Å². The topological polar surface area (TPSA) is 93.8 Å². The van der Waals surface area contributed by atoms with Crippen molar-refractivity contribution in [2.24, 2.45) is 5.41 Å². The molecule has 0 amide bonds. The molecule has 0 aliphatic heterocycles. The minimum Gasteiger partial charge on any atom is -0.481 e. The van der Waals surface area contributed by atoms with Gasteiger partial charge in [0.25, 0.3) is 0 Å². The normalized spacial score (nSPS) is 13.1. The zero-order valence-electron chi connectivity index (χ0n) is 12.0. The van der Waals surface area contributed by atoms with Gasteiger partial charge in [-0.25, -0.2) is 4.68 Å². The van der Waals surface area contributed by atoms with E-state index in [2.05, 4.69) is 36.4 Å². The first kappa shape index (κ1) is 15.6. The Kier molecular flexibility index (Phi) is 4.36. The van der Waals surface area contributed by atoms with Crippen molar-refractivity contribution in [2.75, 3.05) is 0 Å². The van der Waals surface area contributed by atoms with Crippen molar-refractivity contribution in [1.29, 1.82) is 0 Å². The number of pyridine rings is 1. The first-order chi connectivity index (χ1) is 9.80. The fraction of sp³-hybridized carbons (Fsp3) is 0.462. The summed E-state index contributed by atoms with van der Waals surface area (Å²) in [5, 5.41) is 20.8. The number of hydrogen-bond acceptors (Lipinski definition) is 5. The second-order valence-corrected chi connectivity index (χ2v) is 6.61. The molecule has 8 heteroatoms. The molecule has 7 nitrogen and oxygen atoms in total. The summed E-state index contributed by atoms with van der Waals surface area (Å²) in [5.41, 5.74) is 0.270. The standard InChI is InChI=1S/C13H16BrN5O2/c1-13(2,3)9(7-10(20)21)19-12(16-17-18-19)11-8(14)5-4-6-15-11/h4-6,9H,7H2,1-3H3,(H,20,21). The van der Waals surface area contributed by atoms with Crippen molar-refractivity contribution in [3.05, 3.63) is 22.8 Å². The van der Waals surface area contributed by atoms with Gasteiger partial charge in [-0.15, -0.1) is 5.10 Å². The minimum absolute atomic E-state index is 0.0635. The van der Waals surface area contributed by atoms with E-state index in [0.29, 0.717) is 11.5 Å². The van der Waals surface area contributed by atoms with Gasteiger partial charge in [0.1, 0.15) is 5.69 Å². The van der Waals surface area contributed by atoms with Crippen molar-refractivity contribution in [3.63, 3.8) is 0 Å². The number of halogens is 1. The number of carboxylic acids is 1. The third-order valence-electron chi connectivity index (χ3n) is 3.13. The largest absolute Gasteiger partial charge is 0.481 e. The van der Waals surface area contributed by atoms with E-state index in [1.165, 1.54) is 0 Å². The lowest BCUT2D eigenvalue weighted by atomic mass is 9.84. The second kappa shape index (κ2) is 5.88. The quantitative estimate of drug-likeness (QED) is 0.907. The van der Waals surface area contributed by atoms with Gasteiger partial charge in [-0.2, -0.15) is 0 Å². The van der Waals surface area contributed by atoms with E-state index < -0.39 is 5.97 Å². The van der Waals surface area contributed by atoms with E-state index in [9.17, 15) is 4.79 Å². The van der Waals surface area contributed by atoms with E-state index >= 15 is 0 Å². The highest BCUT2D eigenvalue weighted by molar-refractivity contribution is 9.10. The number of aliphatic carboxylic acids is 1. The Balaban J connectivity index is 2.52. The number of nitrogens with zero attached hydrogens (tertiary/aromatic N) is 5. The summed E-state index contributed by atoms with van der Waals surface area (Å²) >= 11 is 3.41. The molecule has 0 bridgehead atoms. The van der Waals surface area contributed by atoms with Crippen LogP contribution in [0.2, 0.25) is 0 Å². The van der Waals surface area contributed by atoms with E-state index in [1.54, 1.807) is 16.9 Å². The fourth-order valence-electron chi connectivity index (χ4n) is 2.03. The summed E-state index contributed by atoms with van der Waals surface area (Å²) in [7, 11) is 0. The predicted octanol–water partition coefficient (Wildman–Crippen LogP) is 2.56. The van der Waals surface area contributed by atoms with Crippen LogP contribution in [0.4, 0.5) is 0 Å². The molecule has 0 aliphatic rings. The van der Waals surface area contributed by atoms with Crippen LogP contribution in [-0.2, 0) is 4.79 Å². The smallest absolute Gasteiger partial charge is 0.305 e. The van der Waals surface area contributed by atoms with Crippen LogP contribution in [-0.4, -0.2) is 36.3 Å². The lowest BCUT2D eigenvalue weighted by Gasteiger charge is -2.29. The summed E-state index contributed by atoms with van der Waals surface area (Å²) in [6.45, 7) is 5.87. The molecule has 0 aliphatic carbocycles. The molecule has 0 saturated carbocycles.